The molecule has 1 N–H and O–H groups in total. The van der Waals surface area contributed by atoms with Gasteiger partial charge in [0.1, 0.15) is 11.0 Å². The summed E-state index contributed by atoms with van der Waals surface area (Å²) >= 11 is 1.04. The number of methoxy groups -OCH3 is 1. The summed E-state index contributed by atoms with van der Waals surface area (Å²) in [5.74, 6) is -0.279. The quantitative estimate of drug-likeness (QED) is 0.716. The number of aliphatic imine (C=N–C) groups is 1. The van der Waals surface area contributed by atoms with Crippen molar-refractivity contribution in [3.05, 3.63) is 54.1 Å². The van der Waals surface area contributed by atoms with Gasteiger partial charge in [-0.3, -0.25) is 14.5 Å². The van der Waals surface area contributed by atoms with E-state index in [4.69, 9.17) is 4.74 Å². The molecule has 0 aliphatic carbocycles. The number of para-hydroxylation sites is 2. The van der Waals surface area contributed by atoms with Gasteiger partial charge in [-0.15, -0.1) is 0 Å². The van der Waals surface area contributed by atoms with E-state index in [9.17, 15) is 22.8 Å². The van der Waals surface area contributed by atoms with Crippen LogP contribution in [-0.4, -0.2) is 40.8 Å². The Morgan fingerprint density at radius 2 is 2.00 bits per heavy atom. The fraction of sp³-hybridized carbons (Fsp3) is 0.286. The Hall–Kier alpha value is -3.01. The molecule has 6 nitrogen and oxygen atoms in total. The molecular formula is C21H20F3N3O3S. The van der Waals surface area contributed by atoms with Crippen LogP contribution in [-0.2, 0) is 15.8 Å². The molecule has 1 aliphatic heterocycles. The minimum absolute atomic E-state index is 0.0503. The Bertz CT molecular complexity index is 1010. The van der Waals surface area contributed by atoms with E-state index < -0.39 is 22.9 Å². The minimum Gasteiger partial charge on any atom is -0.495 e. The molecule has 1 fully saturated rings. The first-order chi connectivity index (χ1) is 14.7. The number of nitrogens with zero attached hydrogens (tertiary/aromatic N) is 2. The van der Waals surface area contributed by atoms with Gasteiger partial charge in [0, 0.05) is 13.0 Å². The lowest BCUT2D eigenvalue weighted by molar-refractivity contribution is -0.137. The van der Waals surface area contributed by atoms with Crippen molar-refractivity contribution in [1.82, 2.24) is 4.90 Å². The van der Waals surface area contributed by atoms with Gasteiger partial charge in [-0.25, -0.2) is 4.99 Å². The number of hydrogen-bond acceptors (Lipinski definition) is 5. The highest BCUT2D eigenvalue weighted by Crippen LogP contribution is 2.34. The lowest BCUT2D eigenvalue weighted by Crippen LogP contribution is -2.45. The maximum Gasteiger partial charge on any atom is 0.416 e. The molecule has 0 aromatic heterocycles. The third-order valence-electron chi connectivity index (χ3n) is 4.51. The zero-order chi connectivity index (χ0) is 22.6. The second-order valence-corrected chi connectivity index (χ2v) is 7.75. The third kappa shape index (κ3) is 5.38. The van der Waals surface area contributed by atoms with E-state index >= 15 is 0 Å². The fourth-order valence-corrected chi connectivity index (χ4v) is 4.14. The van der Waals surface area contributed by atoms with E-state index in [0.717, 1.165) is 23.9 Å². The zero-order valence-corrected chi connectivity index (χ0v) is 17.6. The number of rotatable bonds is 5. The maximum atomic E-state index is 13.0. The Morgan fingerprint density at radius 1 is 1.26 bits per heavy atom. The second kappa shape index (κ2) is 9.42. The van der Waals surface area contributed by atoms with E-state index in [1.54, 1.807) is 31.2 Å². The maximum absolute atomic E-state index is 13.0. The summed E-state index contributed by atoms with van der Waals surface area (Å²) < 4.78 is 44.2. The van der Waals surface area contributed by atoms with Crippen LogP contribution >= 0.6 is 11.8 Å². The van der Waals surface area contributed by atoms with Crippen molar-refractivity contribution in [3.8, 4) is 5.75 Å². The fourth-order valence-electron chi connectivity index (χ4n) is 2.98. The summed E-state index contributed by atoms with van der Waals surface area (Å²) in [5, 5.41) is 2.13. The van der Waals surface area contributed by atoms with Crippen LogP contribution in [0.5, 0.6) is 5.75 Å². The van der Waals surface area contributed by atoms with Crippen LogP contribution in [0.2, 0.25) is 0 Å². The molecule has 0 unspecified atom stereocenters. The van der Waals surface area contributed by atoms with Crippen molar-refractivity contribution in [2.75, 3.05) is 19.0 Å². The van der Waals surface area contributed by atoms with Gasteiger partial charge in [-0.05, 0) is 37.3 Å². The van der Waals surface area contributed by atoms with E-state index in [1.807, 2.05) is 0 Å². The number of carbonyl (C=O) groups is 2. The first-order valence-corrected chi connectivity index (χ1v) is 10.3. The lowest BCUT2D eigenvalue weighted by atomic mass is 10.2. The van der Waals surface area contributed by atoms with Crippen molar-refractivity contribution in [1.29, 1.82) is 0 Å². The van der Waals surface area contributed by atoms with E-state index in [2.05, 4.69) is 10.3 Å². The number of ether oxygens (including phenoxy) is 1. The number of amidine groups is 1. The monoisotopic (exact) mass is 451 g/mol. The molecule has 164 valence electrons. The number of hydrogen-bond donors (Lipinski definition) is 1. The predicted molar refractivity (Wildman–Crippen MR) is 114 cm³/mol. The number of nitrogens with one attached hydrogen (secondary N) is 1. The van der Waals surface area contributed by atoms with Crippen molar-refractivity contribution < 1.29 is 27.5 Å². The molecule has 2 aromatic rings. The van der Waals surface area contributed by atoms with Gasteiger partial charge < -0.3 is 10.1 Å². The molecule has 2 amide bonds. The largest absolute Gasteiger partial charge is 0.495 e. The Kier molecular flexibility index (Phi) is 6.89. The molecule has 1 atom stereocenters. The molecule has 0 saturated carbocycles. The predicted octanol–water partition coefficient (Wildman–Crippen LogP) is 4.69. The number of thioether (sulfide) groups is 1. The summed E-state index contributed by atoms with van der Waals surface area (Å²) in [6.45, 7) is 2.01. The Morgan fingerprint density at radius 3 is 2.68 bits per heavy atom. The van der Waals surface area contributed by atoms with Crippen LogP contribution < -0.4 is 10.1 Å². The highest BCUT2D eigenvalue weighted by atomic mass is 32.2. The molecule has 1 aliphatic rings. The highest BCUT2D eigenvalue weighted by Gasteiger charge is 2.36. The van der Waals surface area contributed by atoms with Gasteiger partial charge in [0.15, 0.2) is 5.17 Å². The van der Waals surface area contributed by atoms with Crippen LogP contribution in [0, 0.1) is 0 Å². The standard InChI is InChI=1S/C21H20F3N3O3S/c1-3-27-18(28)12-17(19(29)26-15-9-4-5-10-16(15)30-2)31-20(27)25-14-8-6-7-13(11-14)21(22,23)24/h4-11,17H,3,12H2,1-2H3,(H,26,29)/t17-/m0/s1. The average molecular weight is 451 g/mol. The van der Waals surface area contributed by atoms with Gasteiger partial charge >= 0.3 is 6.18 Å². The second-order valence-electron chi connectivity index (χ2n) is 6.58. The number of alkyl halides is 3. The Labute approximate surface area is 181 Å². The van der Waals surface area contributed by atoms with Crippen LogP contribution in [0.1, 0.15) is 18.9 Å². The molecular weight excluding hydrogens is 431 g/mol. The molecule has 1 saturated heterocycles. The molecule has 0 radical (unpaired) electrons. The van der Waals surface area contributed by atoms with Crippen molar-refractivity contribution in [2.24, 2.45) is 4.99 Å². The number of halogens is 3. The summed E-state index contributed by atoms with van der Waals surface area (Å²) in [7, 11) is 1.48. The van der Waals surface area contributed by atoms with Gasteiger partial charge in [-0.1, -0.05) is 30.0 Å². The van der Waals surface area contributed by atoms with Crippen LogP contribution in [0.25, 0.3) is 0 Å². The van der Waals surface area contributed by atoms with Crippen molar-refractivity contribution >= 4 is 40.1 Å². The number of anilines is 1. The molecule has 0 bridgehead atoms. The summed E-state index contributed by atoms with van der Waals surface area (Å²) in [6.07, 6.45) is -4.56. The topological polar surface area (TPSA) is 71.0 Å². The molecule has 0 spiro atoms. The number of amides is 2. The zero-order valence-electron chi connectivity index (χ0n) is 16.8. The van der Waals surface area contributed by atoms with Crippen LogP contribution in [0.4, 0.5) is 24.5 Å². The molecule has 2 aromatic carbocycles. The summed E-state index contributed by atoms with van der Waals surface area (Å²) in [5.41, 5.74) is -0.332. The van der Waals surface area contributed by atoms with E-state index in [-0.39, 0.29) is 29.7 Å². The van der Waals surface area contributed by atoms with Gasteiger partial charge in [0.05, 0.1) is 24.0 Å². The van der Waals surface area contributed by atoms with Crippen molar-refractivity contribution in [2.45, 2.75) is 24.8 Å². The molecule has 3 rings (SSSR count). The van der Waals surface area contributed by atoms with Gasteiger partial charge in [0.25, 0.3) is 0 Å². The average Bonchev–Trinajstić information content (AvgIpc) is 2.73. The lowest BCUT2D eigenvalue weighted by Gasteiger charge is -2.31. The molecule has 1 heterocycles. The van der Waals surface area contributed by atoms with Crippen molar-refractivity contribution in [3.63, 3.8) is 0 Å². The van der Waals surface area contributed by atoms with Gasteiger partial charge in [-0.2, -0.15) is 13.2 Å². The highest BCUT2D eigenvalue weighted by molar-refractivity contribution is 8.15. The Balaban J connectivity index is 1.86. The van der Waals surface area contributed by atoms with E-state index in [0.29, 0.717) is 11.4 Å². The van der Waals surface area contributed by atoms with Crippen LogP contribution in [0.3, 0.4) is 0 Å². The normalized spacial score (nSPS) is 18.2. The molecule has 31 heavy (non-hydrogen) atoms. The number of benzene rings is 2. The molecule has 10 heteroatoms. The minimum atomic E-state index is -4.51. The third-order valence-corrected chi connectivity index (χ3v) is 5.70. The SMILES string of the molecule is CCN1C(=O)C[C@@H](C(=O)Nc2ccccc2OC)SC1=Nc1cccc(C(F)(F)F)c1. The number of carbonyl (C=O) groups excluding carboxylic acids is 2. The first-order valence-electron chi connectivity index (χ1n) is 9.39. The smallest absolute Gasteiger partial charge is 0.416 e. The van der Waals surface area contributed by atoms with E-state index in [1.165, 1.54) is 24.1 Å². The van der Waals surface area contributed by atoms with Crippen LogP contribution in [0.15, 0.2) is 53.5 Å². The summed E-state index contributed by atoms with van der Waals surface area (Å²) in [6, 6.07) is 11.4. The first kappa shape index (κ1) is 22.7. The summed E-state index contributed by atoms with van der Waals surface area (Å²) in [4.78, 5) is 31.0. The van der Waals surface area contributed by atoms with Gasteiger partial charge in [0.2, 0.25) is 11.8 Å².